The van der Waals surface area contributed by atoms with Crippen LogP contribution in [0.4, 0.5) is 5.69 Å². The van der Waals surface area contributed by atoms with Crippen molar-refractivity contribution in [3.63, 3.8) is 0 Å². The lowest BCUT2D eigenvalue weighted by molar-refractivity contribution is -0.152. The number of hydrogen-bond donors (Lipinski definition) is 4. The van der Waals surface area contributed by atoms with E-state index in [4.69, 9.17) is 31.1 Å². The highest BCUT2D eigenvalue weighted by molar-refractivity contribution is 6.02. The fraction of sp³-hybridized carbons (Fsp3) is 0.462. The van der Waals surface area contributed by atoms with Crippen LogP contribution in [-0.2, 0) is 9.47 Å². The molecule has 1 aromatic carbocycles. The number of ether oxygens (including phenoxy) is 3. The van der Waals surface area contributed by atoms with Gasteiger partial charge in [0.1, 0.15) is 24.3 Å². The predicted molar refractivity (Wildman–Crippen MR) is 73.7 cm³/mol. The van der Waals surface area contributed by atoms with Crippen molar-refractivity contribution in [1.82, 2.24) is 0 Å². The van der Waals surface area contributed by atoms with Crippen LogP contribution in [0.25, 0.3) is 0 Å². The summed E-state index contributed by atoms with van der Waals surface area (Å²) in [6.07, 6.45) is -1.15. The van der Waals surface area contributed by atoms with E-state index in [0.717, 1.165) is 0 Å². The topological polar surface area (TPSA) is 124 Å². The molecule has 7 nitrogen and oxygen atoms in total. The maximum absolute atomic E-state index is 9.66. The van der Waals surface area contributed by atoms with Gasteiger partial charge in [-0.05, 0) is 12.1 Å². The summed E-state index contributed by atoms with van der Waals surface area (Å²) >= 11 is 0. The summed E-state index contributed by atoms with van der Waals surface area (Å²) in [5.41, 5.74) is 12.0. The molecular formula is C13H19N3O4. The third-order valence-electron chi connectivity index (χ3n) is 3.13. The van der Waals surface area contributed by atoms with E-state index in [2.05, 4.69) is 0 Å². The van der Waals surface area contributed by atoms with Gasteiger partial charge >= 0.3 is 0 Å². The van der Waals surface area contributed by atoms with Crippen LogP contribution in [0.5, 0.6) is 5.75 Å². The van der Waals surface area contributed by atoms with Gasteiger partial charge in [0.05, 0.1) is 11.7 Å². The van der Waals surface area contributed by atoms with Crippen molar-refractivity contribution in [2.75, 3.05) is 19.5 Å². The van der Waals surface area contributed by atoms with Crippen LogP contribution in [0, 0.1) is 5.41 Å². The van der Waals surface area contributed by atoms with E-state index in [0.29, 0.717) is 23.4 Å². The van der Waals surface area contributed by atoms with Gasteiger partial charge in [-0.1, -0.05) is 6.07 Å². The molecule has 0 radical (unpaired) electrons. The average Bonchev–Trinajstić information content (AvgIpc) is 2.76. The van der Waals surface area contributed by atoms with Crippen LogP contribution in [0.1, 0.15) is 12.0 Å². The summed E-state index contributed by atoms with van der Waals surface area (Å²) in [4.78, 5) is 0. The second-order valence-corrected chi connectivity index (χ2v) is 4.61. The molecule has 1 aromatic rings. The van der Waals surface area contributed by atoms with Gasteiger partial charge in [-0.25, -0.2) is 0 Å². The summed E-state index contributed by atoms with van der Waals surface area (Å²) in [6, 6.07) is 5.06. The number of anilines is 1. The summed E-state index contributed by atoms with van der Waals surface area (Å²) in [6.45, 7) is 0.223. The van der Waals surface area contributed by atoms with Gasteiger partial charge in [0.25, 0.3) is 0 Å². The molecule has 6 N–H and O–H groups in total. The van der Waals surface area contributed by atoms with Crippen molar-refractivity contribution >= 4 is 11.5 Å². The smallest absolute Gasteiger partial charge is 0.183 e. The maximum Gasteiger partial charge on any atom is 0.183 e. The fourth-order valence-electron chi connectivity index (χ4n) is 2.18. The van der Waals surface area contributed by atoms with Gasteiger partial charge in [0, 0.05) is 19.2 Å². The molecule has 2 rings (SSSR count). The predicted octanol–water partition coefficient (Wildman–Crippen LogP) is 0.0540. The largest absolute Gasteiger partial charge is 0.490 e. The van der Waals surface area contributed by atoms with Crippen LogP contribution in [0.15, 0.2) is 18.2 Å². The maximum atomic E-state index is 9.66. The Kier molecular flexibility index (Phi) is 4.43. The van der Waals surface area contributed by atoms with Crippen molar-refractivity contribution in [3.05, 3.63) is 23.8 Å². The Morgan fingerprint density at radius 3 is 2.90 bits per heavy atom. The number of aliphatic hydroxyl groups is 1. The number of amidine groups is 1. The second kappa shape index (κ2) is 6.08. The highest BCUT2D eigenvalue weighted by atomic mass is 16.7. The van der Waals surface area contributed by atoms with Gasteiger partial charge in [0.2, 0.25) is 0 Å². The lowest BCUT2D eigenvalue weighted by Gasteiger charge is -2.16. The Morgan fingerprint density at radius 1 is 1.55 bits per heavy atom. The molecule has 1 aliphatic heterocycles. The summed E-state index contributed by atoms with van der Waals surface area (Å²) in [5, 5.41) is 17.2. The zero-order valence-electron chi connectivity index (χ0n) is 11.2. The molecule has 7 heteroatoms. The average molecular weight is 281 g/mol. The van der Waals surface area contributed by atoms with E-state index in [-0.39, 0.29) is 18.5 Å². The second-order valence-electron chi connectivity index (χ2n) is 4.61. The number of aliphatic hydroxyl groups excluding tert-OH is 1. The van der Waals surface area contributed by atoms with E-state index in [1.54, 1.807) is 18.2 Å². The summed E-state index contributed by atoms with van der Waals surface area (Å²) < 4.78 is 16.1. The zero-order valence-corrected chi connectivity index (χ0v) is 11.2. The fourth-order valence-corrected chi connectivity index (χ4v) is 2.18. The third-order valence-corrected chi connectivity index (χ3v) is 3.13. The first kappa shape index (κ1) is 14.6. The number of rotatable bonds is 5. The third kappa shape index (κ3) is 3.01. The molecule has 20 heavy (non-hydrogen) atoms. The highest BCUT2D eigenvalue weighted by Crippen LogP contribution is 2.26. The molecule has 1 fully saturated rings. The minimum absolute atomic E-state index is 0.153. The van der Waals surface area contributed by atoms with Gasteiger partial charge in [-0.3, -0.25) is 5.41 Å². The highest BCUT2D eigenvalue weighted by Gasteiger charge is 2.34. The molecule has 1 heterocycles. The minimum Gasteiger partial charge on any atom is -0.490 e. The summed E-state index contributed by atoms with van der Waals surface area (Å²) in [5.74, 6) is 0.275. The molecule has 3 atom stereocenters. The first-order chi connectivity index (χ1) is 9.52. The minimum atomic E-state index is -0.665. The quantitative estimate of drug-likeness (QED) is 0.343. The molecule has 0 spiro atoms. The van der Waals surface area contributed by atoms with Gasteiger partial charge in [-0.15, -0.1) is 0 Å². The number of hydrogen-bond acceptors (Lipinski definition) is 6. The lowest BCUT2D eigenvalue weighted by Crippen LogP contribution is -2.23. The van der Waals surface area contributed by atoms with Crippen molar-refractivity contribution in [1.29, 1.82) is 5.41 Å². The standard InChI is InChI=1S/C13H19N3O4/c1-18-13-9(17)5-7(20-13)6-19-10-4-2-3-8(14)11(10)12(15)16/h2-4,7,9,13,17H,5-6,14H2,1H3,(H3,15,16). The van der Waals surface area contributed by atoms with Crippen molar-refractivity contribution in [2.24, 2.45) is 5.73 Å². The van der Waals surface area contributed by atoms with Crippen LogP contribution < -0.4 is 16.2 Å². The zero-order chi connectivity index (χ0) is 14.7. The number of methoxy groups -OCH3 is 1. The molecule has 0 bridgehead atoms. The molecule has 1 saturated heterocycles. The number of nitrogens with one attached hydrogen (secondary N) is 1. The molecule has 0 aliphatic carbocycles. The lowest BCUT2D eigenvalue weighted by atomic mass is 10.1. The Labute approximate surface area is 116 Å². The van der Waals surface area contributed by atoms with E-state index in [9.17, 15) is 5.11 Å². The van der Waals surface area contributed by atoms with E-state index in [1.807, 2.05) is 0 Å². The van der Waals surface area contributed by atoms with Gasteiger partial charge < -0.3 is 30.8 Å². The van der Waals surface area contributed by atoms with E-state index >= 15 is 0 Å². The Bertz CT molecular complexity index is 495. The molecule has 110 valence electrons. The van der Waals surface area contributed by atoms with E-state index < -0.39 is 12.4 Å². The molecule has 3 unspecified atom stereocenters. The van der Waals surface area contributed by atoms with E-state index in [1.165, 1.54) is 7.11 Å². The molecule has 0 amide bonds. The van der Waals surface area contributed by atoms with Gasteiger partial charge in [0.15, 0.2) is 6.29 Å². The normalized spacial score (nSPS) is 25.6. The first-order valence-electron chi connectivity index (χ1n) is 6.25. The monoisotopic (exact) mass is 281 g/mol. The molecule has 1 aliphatic rings. The summed E-state index contributed by atoms with van der Waals surface area (Å²) in [7, 11) is 1.48. The molecule has 0 aromatic heterocycles. The van der Waals surface area contributed by atoms with Crippen LogP contribution >= 0.6 is 0 Å². The first-order valence-corrected chi connectivity index (χ1v) is 6.25. The van der Waals surface area contributed by atoms with Crippen molar-refractivity contribution < 1.29 is 19.3 Å². The SMILES string of the molecule is COC1OC(COc2cccc(N)c2C(=N)N)CC1O. The Morgan fingerprint density at radius 2 is 2.30 bits per heavy atom. The van der Waals surface area contributed by atoms with Crippen LogP contribution in [-0.4, -0.2) is 43.2 Å². The number of nitrogen functional groups attached to an aromatic ring is 2. The number of nitrogens with two attached hydrogens (primary N) is 2. The van der Waals surface area contributed by atoms with Crippen molar-refractivity contribution in [2.45, 2.75) is 24.9 Å². The molecular weight excluding hydrogens is 262 g/mol. The Balaban J connectivity index is 2.02. The number of benzene rings is 1. The Hall–Kier alpha value is -1.83. The van der Waals surface area contributed by atoms with Crippen molar-refractivity contribution in [3.8, 4) is 5.75 Å². The molecule has 0 saturated carbocycles. The van der Waals surface area contributed by atoms with Crippen LogP contribution in [0.3, 0.4) is 0 Å². The van der Waals surface area contributed by atoms with Crippen LogP contribution in [0.2, 0.25) is 0 Å². The van der Waals surface area contributed by atoms with Gasteiger partial charge in [-0.2, -0.15) is 0 Å².